The number of sulfonamides is 1. The lowest BCUT2D eigenvalue weighted by molar-refractivity contribution is -0.113. The average molecular weight is 606 g/mol. The molecule has 1 amide bonds. The van der Waals surface area contributed by atoms with Gasteiger partial charge in [0.15, 0.2) is 5.17 Å². The molecule has 4 heterocycles. The van der Waals surface area contributed by atoms with Gasteiger partial charge in [-0.3, -0.25) is 4.79 Å². The Morgan fingerprint density at radius 1 is 0.976 bits per heavy atom. The van der Waals surface area contributed by atoms with E-state index >= 15 is 0 Å². The van der Waals surface area contributed by atoms with Crippen LogP contribution in [0, 0.1) is 5.92 Å². The largest absolute Gasteiger partial charge is 0.372 e. The molecular weight excluding hydrogens is 571 g/mol. The molecule has 42 heavy (non-hydrogen) atoms. The fraction of sp³-hybridized carbons (Fsp3) is 0.387. The Labute approximate surface area is 251 Å². The van der Waals surface area contributed by atoms with Crippen LogP contribution in [0.15, 0.2) is 75.6 Å². The molecule has 9 nitrogen and oxygen atoms in total. The van der Waals surface area contributed by atoms with E-state index in [1.165, 1.54) is 11.8 Å². The molecular formula is C31H35N5O4S2. The molecule has 2 fully saturated rings. The number of amidine groups is 1. The van der Waals surface area contributed by atoms with E-state index in [1.807, 2.05) is 62.5 Å². The molecule has 2 aromatic carbocycles. The molecule has 3 aliphatic rings. The van der Waals surface area contributed by atoms with Crippen molar-refractivity contribution in [2.24, 2.45) is 10.9 Å². The number of hydrogen-bond acceptors (Lipinski definition) is 7. The number of rotatable bonds is 5. The van der Waals surface area contributed by atoms with Crippen molar-refractivity contribution in [2.75, 3.05) is 26.2 Å². The van der Waals surface area contributed by atoms with Crippen molar-refractivity contribution >= 4 is 38.9 Å². The number of amides is 1. The number of aromatic nitrogens is 2. The summed E-state index contributed by atoms with van der Waals surface area (Å²) >= 11 is 1.35. The molecule has 220 valence electrons. The first kappa shape index (κ1) is 28.9. The Balaban J connectivity index is 1.35. The van der Waals surface area contributed by atoms with Gasteiger partial charge in [-0.05, 0) is 74.7 Å². The van der Waals surface area contributed by atoms with Gasteiger partial charge < -0.3 is 9.64 Å². The van der Waals surface area contributed by atoms with Crippen molar-refractivity contribution in [3.05, 3.63) is 71.3 Å². The van der Waals surface area contributed by atoms with Crippen LogP contribution < -0.4 is 0 Å². The molecule has 0 spiro atoms. The minimum Gasteiger partial charge on any atom is -0.372 e. The summed E-state index contributed by atoms with van der Waals surface area (Å²) in [7, 11) is -3.64. The third-order valence-corrected chi connectivity index (χ3v) is 10.8. The topological polar surface area (TPSA) is 97.1 Å². The normalized spacial score (nSPS) is 23.5. The summed E-state index contributed by atoms with van der Waals surface area (Å²) in [5.74, 6) is 0.229. The number of para-hydroxylation sites is 1. The summed E-state index contributed by atoms with van der Waals surface area (Å²) in [6, 6.07) is 16.6. The van der Waals surface area contributed by atoms with Crippen molar-refractivity contribution in [1.29, 1.82) is 0 Å². The second-order valence-corrected chi connectivity index (χ2v) is 14.2. The van der Waals surface area contributed by atoms with E-state index in [4.69, 9.17) is 9.84 Å². The van der Waals surface area contributed by atoms with Gasteiger partial charge in [-0.2, -0.15) is 14.4 Å². The van der Waals surface area contributed by atoms with E-state index in [0.29, 0.717) is 59.0 Å². The number of aliphatic imine (C=N–C) groups is 1. The highest BCUT2D eigenvalue weighted by atomic mass is 32.2. The maximum absolute atomic E-state index is 13.6. The van der Waals surface area contributed by atoms with Crippen LogP contribution in [-0.2, 0) is 19.6 Å². The maximum atomic E-state index is 13.6. The summed E-state index contributed by atoms with van der Waals surface area (Å²) in [6.45, 7) is 8.59. The van der Waals surface area contributed by atoms with Crippen molar-refractivity contribution in [2.45, 2.75) is 50.7 Å². The smallest absolute Gasteiger partial charge is 0.286 e. The Hall–Kier alpha value is -3.25. The van der Waals surface area contributed by atoms with Gasteiger partial charge in [0.25, 0.3) is 5.91 Å². The monoisotopic (exact) mass is 605 g/mol. The maximum Gasteiger partial charge on any atom is 0.286 e. The molecule has 0 aliphatic carbocycles. The molecule has 3 aromatic rings. The lowest BCUT2D eigenvalue weighted by atomic mass is 10.0. The van der Waals surface area contributed by atoms with Crippen molar-refractivity contribution < 1.29 is 17.9 Å². The molecule has 2 unspecified atom stereocenters. The highest BCUT2D eigenvalue weighted by molar-refractivity contribution is 8.18. The molecule has 0 N–H and O–H groups in total. The number of nitrogens with zero attached hydrogens (tertiary/aromatic N) is 5. The number of thioether (sulfide) groups is 1. The van der Waals surface area contributed by atoms with Gasteiger partial charge in [-0.1, -0.05) is 37.3 Å². The van der Waals surface area contributed by atoms with Gasteiger partial charge in [0.1, 0.15) is 5.69 Å². The lowest BCUT2D eigenvalue weighted by Crippen LogP contribution is -2.47. The number of carbonyl (C=O) groups is 1. The lowest BCUT2D eigenvalue weighted by Gasteiger charge is -2.35. The summed E-state index contributed by atoms with van der Waals surface area (Å²) in [4.78, 5) is 20.3. The van der Waals surface area contributed by atoms with E-state index in [-0.39, 0.29) is 23.0 Å². The number of ether oxygens (including phenoxy) is 1. The van der Waals surface area contributed by atoms with Gasteiger partial charge in [0, 0.05) is 43.5 Å². The first-order valence-corrected chi connectivity index (χ1v) is 16.6. The second-order valence-electron chi connectivity index (χ2n) is 11.3. The highest BCUT2D eigenvalue weighted by Gasteiger charge is 2.32. The standard InChI is InChI=1S/C31H35N5O4S2/c1-21-12-14-35(15-13-21)42(38,39)27-11-7-8-24(16-27)29-25(20-36(33-29)26-9-5-4-6-10-26)17-28-30(37)32-31(41-28)34-18-22(2)40-23(3)19-34/h4-11,16-17,20-23H,12-15,18-19H2,1-3H3/b28-17-. The molecule has 0 bridgehead atoms. The zero-order chi connectivity index (χ0) is 29.4. The van der Waals surface area contributed by atoms with Crippen molar-refractivity contribution in [3.63, 3.8) is 0 Å². The van der Waals surface area contributed by atoms with E-state index < -0.39 is 10.0 Å². The first-order chi connectivity index (χ1) is 20.2. The van der Waals surface area contributed by atoms with E-state index in [1.54, 1.807) is 27.2 Å². The highest BCUT2D eigenvalue weighted by Crippen LogP contribution is 2.35. The predicted molar refractivity (Wildman–Crippen MR) is 166 cm³/mol. The minimum atomic E-state index is -3.64. The summed E-state index contributed by atoms with van der Waals surface area (Å²) in [6.07, 6.45) is 5.49. The summed E-state index contributed by atoms with van der Waals surface area (Å²) in [5.41, 5.74) is 2.81. The molecule has 11 heteroatoms. The van der Waals surface area contributed by atoms with Crippen LogP contribution in [0.4, 0.5) is 0 Å². The summed E-state index contributed by atoms with van der Waals surface area (Å²) in [5, 5.41) is 5.55. The molecule has 6 rings (SSSR count). The van der Waals surface area contributed by atoms with E-state index in [0.717, 1.165) is 18.5 Å². The Morgan fingerprint density at radius 3 is 2.40 bits per heavy atom. The van der Waals surface area contributed by atoms with Gasteiger partial charge in [0.2, 0.25) is 10.0 Å². The summed E-state index contributed by atoms with van der Waals surface area (Å²) < 4.78 is 36.3. The van der Waals surface area contributed by atoms with Gasteiger partial charge in [0.05, 0.1) is 27.7 Å². The van der Waals surface area contributed by atoms with Crippen molar-refractivity contribution in [3.8, 4) is 16.9 Å². The molecule has 1 aromatic heterocycles. The SMILES string of the molecule is CC1CCN(S(=O)(=O)c2cccc(-c3nn(-c4ccccc4)cc3/C=C3\SC(N4CC(C)OC(C)C4)=NC3=O)c2)CC1. The molecule has 2 atom stereocenters. The second kappa shape index (κ2) is 11.8. The van der Waals surface area contributed by atoms with Crippen LogP contribution in [0.1, 0.15) is 39.2 Å². The zero-order valence-electron chi connectivity index (χ0n) is 24.0. The van der Waals surface area contributed by atoms with Crippen LogP contribution in [-0.4, -0.2) is 76.9 Å². The van der Waals surface area contributed by atoms with E-state index in [9.17, 15) is 13.2 Å². The third kappa shape index (κ3) is 5.96. The molecule has 0 saturated carbocycles. The fourth-order valence-corrected chi connectivity index (χ4v) is 8.06. The van der Waals surface area contributed by atoms with Gasteiger partial charge in [-0.15, -0.1) is 0 Å². The van der Waals surface area contributed by atoms with Crippen LogP contribution in [0.5, 0.6) is 0 Å². The van der Waals surface area contributed by atoms with Gasteiger partial charge in [-0.25, -0.2) is 13.1 Å². The fourth-order valence-electron chi connectivity index (χ4n) is 5.62. The third-order valence-electron chi connectivity index (χ3n) is 7.84. The van der Waals surface area contributed by atoms with Gasteiger partial charge >= 0.3 is 0 Å². The number of benzene rings is 2. The molecule has 0 radical (unpaired) electrons. The predicted octanol–water partition coefficient (Wildman–Crippen LogP) is 5.04. The van der Waals surface area contributed by atoms with E-state index in [2.05, 4.69) is 16.8 Å². The van der Waals surface area contributed by atoms with Crippen LogP contribution in [0.2, 0.25) is 0 Å². The number of morpholine rings is 1. The Bertz CT molecular complexity index is 1630. The first-order valence-electron chi connectivity index (χ1n) is 14.4. The Kier molecular flexibility index (Phi) is 8.10. The quantitative estimate of drug-likeness (QED) is 0.376. The van der Waals surface area contributed by atoms with Crippen LogP contribution >= 0.6 is 11.8 Å². The zero-order valence-corrected chi connectivity index (χ0v) is 25.6. The molecule has 2 saturated heterocycles. The average Bonchev–Trinajstić information content (AvgIpc) is 3.57. The molecule has 3 aliphatic heterocycles. The Morgan fingerprint density at radius 2 is 1.69 bits per heavy atom. The van der Waals surface area contributed by atoms with Crippen molar-refractivity contribution in [1.82, 2.24) is 19.0 Å². The minimum absolute atomic E-state index is 0.0489. The number of carbonyl (C=O) groups excluding carboxylic acids is 1. The van der Waals surface area contributed by atoms with Crippen LogP contribution in [0.25, 0.3) is 23.0 Å². The number of piperidine rings is 1. The van der Waals surface area contributed by atoms with Crippen LogP contribution in [0.3, 0.4) is 0 Å². The number of hydrogen-bond donors (Lipinski definition) is 0.